The molecule has 1 saturated carbocycles. The monoisotopic (exact) mass is 397 g/mol. The average Bonchev–Trinajstić information content (AvgIpc) is 2.63. The normalized spacial score (nSPS) is 16.4. The van der Waals surface area contributed by atoms with Crippen molar-refractivity contribution in [2.24, 2.45) is 5.73 Å². The maximum absolute atomic E-state index is 12.4. The van der Waals surface area contributed by atoms with E-state index in [9.17, 15) is 14.4 Å². The fraction of sp³-hybridized carbons (Fsp3) is 0.526. The van der Waals surface area contributed by atoms with Gasteiger partial charge in [-0.05, 0) is 51.0 Å². The maximum atomic E-state index is 12.4. The van der Waals surface area contributed by atoms with Crippen molar-refractivity contribution in [3.8, 4) is 0 Å². The van der Waals surface area contributed by atoms with Gasteiger partial charge in [0.15, 0.2) is 0 Å². The standard InChI is InChI=1S/C19H27N3O4.ClH/c1-3-26-17(24)13(2)21-16(23)14-7-9-15(10-8-14)22-18(25)19(20)11-5-4-6-12-19;/h7-10,13H,3-6,11-12,20H2,1-2H3,(H,21,23)(H,22,25);1H. The summed E-state index contributed by atoms with van der Waals surface area (Å²) in [5, 5.41) is 5.40. The lowest BCUT2D eigenvalue weighted by molar-refractivity contribution is -0.144. The molecule has 1 aliphatic carbocycles. The molecule has 2 amide bonds. The molecule has 1 unspecified atom stereocenters. The minimum atomic E-state index is -0.816. The van der Waals surface area contributed by atoms with Gasteiger partial charge in [0, 0.05) is 11.3 Å². The Labute approximate surface area is 165 Å². The van der Waals surface area contributed by atoms with Gasteiger partial charge in [0.2, 0.25) is 5.91 Å². The van der Waals surface area contributed by atoms with E-state index in [2.05, 4.69) is 10.6 Å². The lowest BCUT2D eigenvalue weighted by Crippen LogP contribution is -2.52. The largest absolute Gasteiger partial charge is 0.464 e. The number of nitrogens with two attached hydrogens (primary N) is 1. The van der Waals surface area contributed by atoms with Crippen molar-refractivity contribution in [3.63, 3.8) is 0 Å². The SMILES string of the molecule is CCOC(=O)C(C)NC(=O)c1ccc(NC(=O)C2(N)CCCCC2)cc1.Cl. The van der Waals surface area contributed by atoms with Crippen LogP contribution in [-0.4, -0.2) is 36.0 Å². The van der Waals surface area contributed by atoms with Gasteiger partial charge < -0.3 is 21.1 Å². The van der Waals surface area contributed by atoms with Crippen molar-refractivity contribution in [3.05, 3.63) is 29.8 Å². The Morgan fingerprint density at radius 1 is 1.15 bits per heavy atom. The van der Waals surface area contributed by atoms with Crippen molar-refractivity contribution in [1.82, 2.24) is 5.32 Å². The zero-order valence-corrected chi connectivity index (χ0v) is 16.6. The van der Waals surface area contributed by atoms with Gasteiger partial charge in [0.25, 0.3) is 5.91 Å². The van der Waals surface area contributed by atoms with Crippen LogP contribution in [0.1, 0.15) is 56.3 Å². The molecule has 0 heterocycles. The number of benzene rings is 1. The van der Waals surface area contributed by atoms with Gasteiger partial charge in [-0.25, -0.2) is 4.79 Å². The highest BCUT2D eigenvalue weighted by Gasteiger charge is 2.35. The van der Waals surface area contributed by atoms with Crippen molar-refractivity contribution in [1.29, 1.82) is 0 Å². The molecule has 1 atom stereocenters. The molecule has 0 radical (unpaired) electrons. The van der Waals surface area contributed by atoms with Crippen LogP contribution in [0, 0.1) is 0 Å². The predicted molar refractivity (Wildman–Crippen MR) is 106 cm³/mol. The van der Waals surface area contributed by atoms with Gasteiger partial charge in [0.05, 0.1) is 12.1 Å². The van der Waals surface area contributed by atoms with Crippen LogP contribution in [0.3, 0.4) is 0 Å². The van der Waals surface area contributed by atoms with Crippen molar-refractivity contribution < 1.29 is 19.1 Å². The second-order valence-electron chi connectivity index (χ2n) is 6.70. The highest BCUT2D eigenvalue weighted by atomic mass is 35.5. The van der Waals surface area contributed by atoms with E-state index < -0.39 is 17.6 Å². The molecule has 0 saturated heterocycles. The summed E-state index contributed by atoms with van der Waals surface area (Å²) in [6.45, 7) is 3.53. The minimum absolute atomic E-state index is 0. The van der Waals surface area contributed by atoms with Crippen LogP contribution in [0.5, 0.6) is 0 Å². The van der Waals surface area contributed by atoms with Crippen molar-refractivity contribution >= 4 is 35.9 Å². The molecule has 0 aliphatic heterocycles. The average molecular weight is 398 g/mol. The molecular weight excluding hydrogens is 370 g/mol. The molecule has 1 aromatic carbocycles. The number of esters is 1. The van der Waals surface area contributed by atoms with Crippen LogP contribution in [-0.2, 0) is 14.3 Å². The molecule has 4 N–H and O–H groups in total. The van der Waals surface area contributed by atoms with Crippen LogP contribution in [0.4, 0.5) is 5.69 Å². The molecule has 1 fully saturated rings. The van der Waals surface area contributed by atoms with E-state index in [1.54, 1.807) is 38.1 Å². The van der Waals surface area contributed by atoms with Gasteiger partial charge in [-0.3, -0.25) is 9.59 Å². The zero-order chi connectivity index (χ0) is 19.2. The summed E-state index contributed by atoms with van der Waals surface area (Å²) in [4.78, 5) is 36.2. The van der Waals surface area contributed by atoms with E-state index in [1.165, 1.54) is 0 Å². The number of hydrogen-bond acceptors (Lipinski definition) is 5. The fourth-order valence-corrected chi connectivity index (χ4v) is 2.98. The number of carbonyl (C=O) groups is 3. The van der Waals surface area contributed by atoms with Crippen LogP contribution in [0.15, 0.2) is 24.3 Å². The first-order chi connectivity index (χ1) is 12.4. The number of nitrogens with one attached hydrogen (secondary N) is 2. The van der Waals surface area contributed by atoms with E-state index >= 15 is 0 Å². The van der Waals surface area contributed by atoms with Gasteiger partial charge in [-0.1, -0.05) is 19.3 Å². The van der Waals surface area contributed by atoms with Gasteiger partial charge in [-0.15, -0.1) is 12.4 Å². The van der Waals surface area contributed by atoms with Gasteiger partial charge in [-0.2, -0.15) is 0 Å². The highest BCUT2D eigenvalue weighted by Crippen LogP contribution is 2.27. The first-order valence-corrected chi connectivity index (χ1v) is 9.03. The van der Waals surface area contributed by atoms with E-state index in [1.807, 2.05) is 0 Å². The summed E-state index contributed by atoms with van der Waals surface area (Å²) in [5.74, 6) is -1.05. The first kappa shape index (κ1) is 22.9. The number of amides is 2. The lowest BCUT2D eigenvalue weighted by atomic mass is 9.82. The van der Waals surface area contributed by atoms with Crippen LogP contribution < -0.4 is 16.4 Å². The topological polar surface area (TPSA) is 111 Å². The van der Waals surface area contributed by atoms with Crippen molar-refractivity contribution in [2.75, 3.05) is 11.9 Å². The van der Waals surface area contributed by atoms with Crippen LogP contribution >= 0.6 is 12.4 Å². The summed E-state index contributed by atoms with van der Waals surface area (Å²) in [5.41, 5.74) is 6.37. The second kappa shape index (κ2) is 10.3. The van der Waals surface area contributed by atoms with Gasteiger partial charge in [0.1, 0.15) is 6.04 Å². The number of halogens is 1. The van der Waals surface area contributed by atoms with Crippen molar-refractivity contribution in [2.45, 2.75) is 57.5 Å². The summed E-state index contributed by atoms with van der Waals surface area (Å²) in [7, 11) is 0. The van der Waals surface area contributed by atoms with Crippen LogP contribution in [0.25, 0.3) is 0 Å². The Kier molecular flexibility index (Phi) is 8.72. The maximum Gasteiger partial charge on any atom is 0.328 e. The minimum Gasteiger partial charge on any atom is -0.464 e. The molecule has 7 nitrogen and oxygen atoms in total. The third-order valence-corrected chi connectivity index (χ3v) is 4.59. The summed E-state index contributed by atoms with van der Waals surface area (Å²) >= 11 is 0. The Morgan fingerprint density at radius 2 is 1.74 bits per heavy atom. The summed E-state index contributed by atoms with van der Waals surface area (Å²) in [6, 6.07) is 5.74. The molecule has 1 aromatic rings. The summed E-state index contributed by atoms with van der Waals surface area (Å²) < 4.78 is 4.86. The number of anilines is 1. The third kappa shape index (κ3) is 6.22. The molecule has 8 heteroatoms. The quantitative estimate of drug-likeness (QED) is 0.638. The van der Waals surface area contributed by atoms with Crippen LogP contribution in [0.2, 0.25) is 0 Å². The number of rotatable bonds is 6. The fourth-order valence-electron chi connectivity index (χ4n) is 2.98. The molecule has 150 valence electrons. The third-order valence-electron chi connectivity index (χ3n) is 4.59. The molecule has 0 spiro atoms. The van der Waals surface area contributed by atoms with E-state index in [0.717, 1.165) is 19.3 Å². The molecule has 0 aromatic heterocycles. The number of ether oxygens (including phenoxy) is 1. The van der Waals surface area contributed by atoms with E-state index in [0.29, 0.717) is 24.1 Å². The Bertz CT molecular complexity index is 657. The Hall–Kier alpha value is -2.12. The zero-order valence-electron chi connectivity index (χ0n) is 15.7. The highest BCUT2D eigenvalue weighted by molar-refractivity contribution is 5.99. The Morgan fingerprint density at radius 3 is 2.30 bits per heavy atom. The molecular formula is C19H28ClN3O4. The lowest BCUT2D eigenvalue weighted by Gasteiger charge is -2.31. The van der Waals surface area contributed by atoms with E-state index in [-0.39, 0.29) is 30.8 Å². The molecule has 1 aliphatic rings. The Balaban J connectivity index is 0.00000364. The smallest absolute Gasteiger partial charge is 0.328 e. The molecule has 0 bridgehead atoms. The number of carbonyl (C=O) groups excluding carboxylic acids is 3. The van der Waals surface area contributed by atoms with Gasteiger partial charge >= 0.3 is 5.97 Å². The molecule has 27 heavy (non-hydrogen) atoms. The second-order valence-corrected chi connectivity index (χ2v) is 6.70. The molecule has 2 rings (SSSR count). The first-order valence-electron chi connectivity index (χ1n) is 9.03. The predicted octanol–water partition coefficient (Wildman–Crippen LogP) is 2.39. The van der Waals surface area contributed by atoms with E-state index in [4.69, 9.17) is 10.5 Å². The number of hydrogen-bond donors (Lipinski definition) is 3. The summed E-state index contributed by atoms with van der Waals surface area (Å²) in [6.07, 6.45) is 4.40.